The first-order valence-electron chi connectivity index (χ1n) is 8.91. The van der Waals surface area contributed by atoms with E-state index in [2.05, 4.69) is 22.6 Å². The molecule has 1 aromatic carbocycles. The number of carbonyl (C=O) groups is 3. The molecule has 1 aromatic heterocycles. The number of hydrogen-bond acceptors (Lipinski definition) is 4. The number of amides is 2. The first kappa shape index (κ1) is 21.5. The molecule has 29 heavy (non-hydrogen) atoms. The number of aryl methyl sites for hydroxylation is 1. The van der Waals surface area contributed by atoms with E-state index < -0.39 is 23.6 Å². The third-order valence-electron chi connectivity index (χ3n) is 4.79. The summed E-state index contributed by atoms with van der Waals surface area (Å²) in [5, 5.41) is 14.3. The molecule has 7 nitrogen and oxygen atoms in total. The fourth-order valence-corrected chi connectivity index (χ4v) is 3.06. The van der Waals surface area contributed by atoms with Crippen molar-refractivity contribution >= 4 is 23.3 Å². The van der Waals surface area contributed by atoms with Gasteiger partial charge >= 0.3 is 0 Å². The van der Waals surface area contributed by atoms with E-state index >= 15 is 0 Å². The number of carbonyl (C=O) groups excluding carboxylic acids is 3. The van der Waals surface area contributed by atoms with Crippen LogP contribution in [0.5, 0.6) is 0 Å². The number of aromatic nitrogens is 1. The minimum Gasteiger partial charge on any atom is -0.343 e. The van der Waals surface area contributed by atoms with Gasteiger partial charge in [-0.2, -0.15) is 5.26 Å². The molecule has 0 unspecified atom stereocenters. The zero-order chi connectivity index (χ0) is 21.9. The Bertz CT molecular complexity index is 1100. The minimum atomic E-state index is -0.823. The van der Waals surface area contributed by atoms with Gasteiger partial charge in [-0.05, 0) is 51.0 Å². The van der Waals surface area contributed by atoms with E-state index in [1.54, 1.807) is 57.5 Å². The quantitative estimate of drug-likeness (QED) is 0.465. The molecule has 2 N–H and O–H groups in total. The fourth-order valence-electron chi connectivity index (χ4n) is 3.06. The summed E-state index contributed by atoms with van der Waals surface area (Å²) in [6.45, 7) is 6.67. The van der Waals surface area contributed by atoms with Gasteiger partial charge < -0.3 is 15.2 Å². The highest BCUT2D eigenvalue weighted by Crippen LogP contribution is 2.23. The summed E-state index contributed by atoms with van der Waals surface area (Å²) in [5.74, 6) is 0.310. The number of Topliss-reactive ketones (excluding diaryl/α,β-unsaturated/α-hetero) is 1. The molecule has 0 aliphatic heterocycles. The smallest absolute Gasteiger partial charge is 0.293 e. The summed E-state index contributed by atoms with van der Waals surface area (Å²) < 4.78 is 1.56. The number of nitriles is 1. The zero-order valence-corrected chi connectivity index (χ0v) is 17.0. The van der Waals surface area contributed by atoms with Gasteiger partial charge in [0.05, 0.1) is 23.2 Å². The monoisotopic (exact) mass is 390 g/mol. The van der Waals surface area contributed by atoms with E-state index in [-0.39, 0.29) is 11.3 Å². The van der Waals surface area contributed by atoms with Gasteiger partial charge in [0.15, 0.2) is 0 Å². The van der Waals surface area contributed by atoms with Crippen molar-refractivity contribution in [3.05, 3.63) is 51.8 Å². The first-order chi connectivity index (χ1) is 13.6. The molecule has 0 saturated carbocycles. The van der Waals surface area contributed by atoms with Crippen molar-refractivity contribution in [2.45, 2.75) is 33.7 Å². The second-order valence-corrected chi connectivity index (χ2v) is 6.78. The normalized spacial score (nSPS) is 11.1. The number of terminal acetylenes is 1. The Kier molecular flexibility index (Phi) is 6.25. The molecule has 0 bridgehead atoms. The lowest BCUT2D eigenvalue weighted by atomic mass is 10.0. The van der Waals surface area contributed by atoms with E-state index in [1.807, 2.05) is 0 Å². The predicted octanol–water partition coefficient (Wildman–Crippen LogP) is 2.39. The molecule has 0 radical (unpaired) electrons. The van der Waals surface area contributed by atoms with Gasteiger partial charge in [-0.3, -0.25) is 14.4 Å². The van der Waals surface area contributed by atoms with Crippen LogP contribution in [0.1, 0.15) is 50.2 Å². The fraction of sp³-hybridized carbons (Fsp3) is 0.273. The highest BCUT2D eigenvalue weighted by atomic mass is 16.2. The Labute approximate surface area is 169 Å². The largest absolute Gasteiger partial charge is 0.343 e. The molecular weight excluding hydrogens is 368 g/mol. The van der Waals surface area contributed by atoms with Crippen LogP contribution in [0.4, 0.5) is 5.69 Å². The molecule has 2 aromatic rings. The molecule has 0 saturated heterocycles. The lowest BCUT2D eigenvalue weighted by molar-refractivity contribution is -0.117. The Morgan fingerprint density at radius 3 is 2.45 bits per heavy atom. The van der Waals surface area contributed by atoms with Crippen LogP contribution in [0, 0.1) is 44.4 Å². The molecule has 1 atom stereocenters. The Hall–Kier alpha value is -3.84. The molecule has 0 spiro atoms. The second-order valence-electron chi connectivity index (χ2n) is 6.78. The molecule has 0 aliphatic rings. The van der Waals surface area contributed by atoms with Gasteiger partial charge in [0.1, 0.15) is 5.69 Å². The summed E-state index contributed by atoms with van der Waals surface area (Å²) in [6, 6.07) is 6.50. The molecule has 148 valence electrons. The molecular formula is C22H22N4O3. The van der Waals surface area contributed by atoms with Crippen LogP contribution >= 0.6 is 0 Å². The van der Waals surface area contributed by atoms with Crippen LogP contribution in [0.3, 0.4) is 0 Å². The Morgan fingerprint density at radius 2 is 1.86 bits per heavy atom. The maximum atomic E-state index is 12.9. The maximum Gasteiger partial charge on any atom is 0.293 e. The van der Waals surface area contributed by atoms with Crippen LogP contribution in [-0.4, -0.2) is 28.2 Å². The van der Waals surface area contributed by atoms with E-state index in [0.717, 1.165) is 5.56 Å². The average Bonchev–Trinajstić information content (AvgIpc) is 2.91. The van der Waals surface area contributed by atoms with Gasteiger partial charge in [0, 0.05) is 18.4 Å². The number of rotatable bonds is 5. The highest BCUT2D eigenvalue weighted by molar-refractivity contribution is 6.43. The lowest BCUT2D eigenvalue weighted by Crippen LogP contribution is -2.37. The molecule has 2 amide bonds. The van der Waals surface area contributed by atoms with Gasteiger partial charge in [-0.25, -0.2) is 0 Å². The van der Waals surface area contributed by atoms with Gasteiger partial charge in [0.2, 0.25) is 0 Å². The highest BCUT2D eigenvalue weighted by Gasteiger charge is 2.28. The van der Waals surface area contributed by atoms with E-state index in [4.69, 9.17) is 11.7 Å². The van der Waals surface area contributed by atoms with Crippen molar-refractivity contribution in [3.8, 4) is 18.4 Å². The second kappa shape index (κ2) is 8.45. The molecule has 1 heterocycles. The Balaban J connectivity index is 2.38. The van der Waals surface area contributed by atoms with E-state index in [9.17, 15) is 14.4 Å². The summed E-state index contributed by atoms with van der Waals surface area (Å²) in [7, 11) is 1.64. The molecule has 0 fully saturated rings. The third-order valence-corrected chi connectivity index (χ3v) is 4.79. The number of anilines is 1. The Morgan fingerprint density at radius 1 is 1.21 bits per heavy atom. The van der Waals surface area contributed by atoms with Crippen molar-refractivity contribution < 1.29 is 14.4 Å². The van der Waals surface area contributed by atoms with Crippen LogP contribution in [0.25, 0.3) is 0 Å². The summed E-state index contributed by atoms with van der Waals surface area (Å²) >= 11 is 0. The number of benzene rings is 1. The number of nitrogens with one attached hydrogen (secondary N) is 2. The SMILES string of the molecule is C#C[C@H](C)NC(=O)C(=O)c1c(C)c(C(=O)Nc2ccc(C)c(C#N)c2)n(C)c1C. The van der Waals surface area contributed by atoms with Crippen LogP contribution < -0.4 is 10.6 Å². The van der Waals surface area contributed by atoms with Crippen molar-refractivity contribution in [1.82, 2.24) is 9.88 Å². The molecule has 2 rings (SSSR count). The zero-order valence-electron chi connectivity index (χ0n) is 17.0. The summed E-state index contributed by atoms with van der Waals surface area (Å²) in [6.07, 6.45) is 5.24. The van der Waals surface area contributed by atoms with Crippen molar-refractivity contribution in [2.24, 2.45) is 7.05 Å². The minimum absolute atomic E-state index is 0.168. The van der Waals surface area contributed by atoms with Crippen molar-refractivity contribution in [2.75, 3.05) is 5.32 Å². The topological polar surface area (TPSA) is 104 Å². The summed E-state index contributed by atoms with van der Waals surface area (Å²) in [5.41, 5.74) is 3.02. The summed E-state index contributed by atoms with van der Waals surface area (Å²) in [4.78, 5) is 37.7. The number of nitrogens with zero attached hydrogens (tertiary/aromatic N) is 2. The van der Waals surface area contributed by atoms with Gasteiger partial charge in [0.25, 0.3) is 17.6 Å². The number of ketones is 1. The molecule has 0 aliphatic carbocycles. The molecule has 7 heteroatoms. The van der Waals surface area contributed by atoms with E-state index in [0.29, 0.717) is 22.5 Å². The number of hydrogen-bond donors (Lipinski definition) is 2. The van der Waals surface area contributed by atoms with Gasteiger partial charge in [-0.1, -0.05) is 12.0 Å². The first-order valence-corrected chi connectivity index (χ1v) is 8.91. The predicted molar refractivity (Wildman–Crippen MR) is 110 cm³/mol. The lowest BCUT2D eigenvalue weighted by Gasteiger charge is -2.09. The van der Waals surface area contributed by atoms with Crippen molar-refractivity contribution in [3.63, 3.8) is 0 Å². The van der Waals surface area contributed by atoms with E-state index in [1.165, 1.54) is 0 Å². The van der Waals surface area contributed by atoms with Crippen molar-refractivity contribution in [1.29, 1.82) is 5.26 Å². The van der Waals surface area contributed by atoms with Gasteiger partial charge in [-0.15, -0.1) is 6.42 Å². The van der Waals surface area contributed by atoms with Crippen LogP contribution in [0.2, 0.25) is 0 Å². The maximum absolute atomic E-state index is 12.9. The third kappa shape index (κ3) is 4.20. The van der Waals surface area contributed by atoms with Crippen LogP contribution in [0.15, 0.2) is 18.2 Å². The van der Waals surface area contributed by atoms with Crippen LogP contribution in [-0.2, 0) is 11.8 Å². The average molecular weight is 390 g/mol. The standard InChI is InChI=1S/C22H22N4O3/c1-7-13(3)24-22(29)20(27)18-14(4)19(26(6)15(18)5)21(28)25-17-9-8-12(2)16(10-17)11-23/h1,8-10,13H,2-6H3,(H,24,29)(H,25,28)/t13-/m0/s1.